The molecule has 0 unspecified atom stereocenters. The molecule has 1 aromatic rings. The van der Waals surface area contributed by atoms with Crippen molar-refractivity contribution in [1.82, 2.24) is 20.0 Å². The molecule has 0 bridgehead atoms. The van der Waals surface area contributed by atoms with Crippen molar-refractivity contribution >= 4 is 21.9 Å². The van der Waals surface area contributed by atoms with Gasteiger partial charge in [-0.15, -0.1) is 0 Å². The van der Waals surface area contributed by atoms with E-state index in [1.807, 2.05) is 0 Å². The normalized spacial score (nSPS) is 12.2. The second kappa shape index (κ2) is 5.49. The van der Waals surface area contributed by atoms with Crippen LogP contribution in [-0.4, -0.2) is 36.4 Å². The summed E-state index contributed by atoms with van der Waals surface area (Å²) in [6.07, 6.45) is 2.15. The first-order valence-electron chi connectivity index (χ1n) is 5.48. The van der Waals surface area contributed by atoms with E-state index in [4.69, 9.17) is 5.73 Å². The fraction of sp³-hybridized carbons (Fsp3) is 0.500. The Morgan fingerprint density at radius 3 is 2.32 bits per heavy atom. The van der Waals surface area contributed by atoms with Crippen LogP contribution < -0.4 is 15.8 Å². The molecule has 1 aromatic heterocycles. The van der Waals surface area contributed by atoms with E-state index >= 15 is 0 Å². The summed E-state index contributed by atoms with van der Waals surface area (Å²) in [5, 5.41) is 2.64. The Hall–Kier alpha value is -1.74. The predicted octanol–water partition coefficient (Wildman–Crippen LogP) is -0.748. The maximum Gasteiger partial charge on any atom is 0.244 e. The van der Waals surface area contributed by atoms with Gasteiger partial charge in [-0.2, -0.15) is 0 Å². The molecule has 0 aromatic carbocycles. The Morgan fingerprint density at radius 1 is 1.32 bits per heavy atom. The van der Waals surface area contributed by atoms with Crippen LogP contribution in [0.3, 0.4) is 0 Å². The van der Waals surface area contributed by atoms with Crippen LogP contribution in [0.2, 0.25) is 0 Å². The Kier molecular flexibility index (Phi) is 4.43. The maximum atomic E-state index is 11.8. The third-order valence-electron chi connectivity index (χ3n) is 1.90. The lowest BCUT2D eigenvalue weighted by molar-refractivity contribution is -0.121. The SMILES string of the molecule is CC(C)(C)NC(=O)CNS(=O)(=O)c1cnc(N)nc1. The van der Waals surface area contributed by atoms with Crippen LogP contribution in [0.4, 0.5) is 5.95 Å². The summed E-state index contributed by atoms with van der Waals surface area (Å²) in [6, 6.07) is 0. The van der Waals surface area contributed by atoms with E-state index in [2.05, 4.69) is 20.0 Å². The minimum atomic E-state index is -3.82. The summed E-state index contributed by atoms with van der Waals surface area (Å²) >= 11 is 0. The van der Waals surface area contributed by atoms with Crippen LogP contribution >= 0.6 is 0 Å². The van der Waals surface area contributed by atoms with Gasteiger partial charge in [-0.05, 0) is 20.8 Å². The van der Waals surface area contributed by atoms with Crippen molar-refractivity contribution in [3.63, 3.8) is 0 Å². The smallest absolute Gasteiger partial charge is 0.244 e. The molecular weight excluding hydrogens is 270 g/mol. The topological polar surface area (TPSA) is 127 Å². The van der Waals surface area contributed by atoms with Crippen LogP contribution in [0.25, 0.3) is 0 Å². The number of hydrogen-bond acceptors (Lipinski definition) is 6. The van der Waals surface area contributed by atoms with Crippen molar-refractivity contribution in [2.75, 3.05) is 12.3 Å². The van der Waals surface area contributed by atoms with Crippen molar-refractivity contribution in [2.45, 2.75) is 31.2 Å². The van der Waals surface area contributed by atoms with Gasteiger partial charge in [0.15, 0.2) is 0 Å². The molecule has 1 rings (SSSR count). The minimum absolute atomic E-state index is 0.0237. The molecule has 1 amide bonds. The molecule has 0 aliphatic carbocycles. The number of rotatable bonds is 4. The first kappa shape index (κ1) is 15.3. The minimum Gasteiger partial charge on any atom is -0.368 e. The van der Waals surface area contributed by atoms with Crippen LogP contribution in [0.1, 0.15) is 20.8 Å². The summed E-state index contributed by atoms with van der Waals surface area (Å²) in [6.45, 7) is 5.04. The number of nitrogens with one attached hydrogen (secondary N) is 2. The van der Waals surface area contributed by atoms with E-state index in [0.29, 0.717) is 0 Å². The molecule has 0 radical (unpaired) electrons. The molecule has 1 heterocycles. The number of carbonyl (C=O) groups is 1. The Morgan fingerprint density at radius 2 is 1.84 bits per heavy atom. The maximum absolute atomic E-state index is 11.8. The quantitative estimate of drug-likeness (QED) is 0.668. The summed E-state index contributed by atoms with van der Waals surface area (Å²) in [4.78, 5) is 18.5. The van der Waals surface area contributed by atoms with Gasteiger partial charge in [0.25, 0.3) is 0 Å². The molecule has 0 saturated carbocycles. The van der Waals surface area contributed by atoms with Crippen molar-refractivity contribution in [1.29, 1.82) is 0 Å². The van der Waals surface area contributed by atoms with Gasteiger partial charge in [0.05, 0.1) is 18.9 Å². The largest absolute Gasteiger partial charge is 0.368 e. The second-order valence-corrected chi connectivity index (χ2v) is 6.67. The van der Waals surface area contributed by atoms with E-state index in [1.165, 1.54) is 0 Å². The zero-order valence-corrected chi connectivity index (χ0v) is 11.8. The average Bonchev–Trinajstić information content (AvgIpc) is 2.25. The lowest BCUT2D eigenvalue weighted by Gasteiger charge is -2.20. The summed E-state index contributed by atoms with van der Waals surface area (Å²) < 4.78 is 25.8. The summed E-state index contributed by atoms with van der Waals surface area (Å²) in [5.41, 5.74) is 4.84. The van der Waals surface area contributed by atoms with Gasteiger partial charge in [-0.1, -0.05) is 0 Å². The highest BCUT2D eigenvalue weighted by Gasteiger charge is 2.18. The first-order valence-corrected chi connectivity index (χ1v) is 6.97. The highest BCUT2D eigenvalue weighted by Crippen LogP contribution is 2.05. The van der Waals surface area contributed by atoms with E-state index in [9.17, 15) is 13.2 Å². The zero-order valence-electron chi connectivity index (χ0n) is 11.0. The lowest BCUT2D eigenvalue weighted by atomic mass is 10.1. The molecule has 0 spiro atoms. The van der Waals surface area contributed by atoms with Crippen LogP contribution in [0.15, 0.2) is 17.3 Å². The number of nitrogens with two attached hydrogens (primary N) is 1. The fourth-order valence-electron chi connectivity index (χ4n) is 1.17. The molecule has 0 atom stereocenters. The standard InChI is InChI=1S/C10H17N5O3S/c1-10(2,3)15-8(16)6-14-19(17,18)7-4-12-9(11)13-5-7/h4-5,14H,6H2,1-3H3,(H,15,16)(H2,11,12,13). The Labute approximate surface area is 111 Å². The fourth-order valence-corrected chi connectivity index (χ4v) is 2.04. The van der Waals surface area contributed by atoms with Crippen LogP contribution in [-0.2, 0) is 14.8 Å². The molecule has 9 heteroatoms. The zero-order chi connectivity index (χ0) is 14.7. The molecule has 0 fully saturated rings. The number of nitrogen functional groups attached to an aromatic ring is 1. The Bertz CT molecular complexity index is 548. The molecule has 0 saturated heterocycles. The second-order valence-electron chi connectivity index (χ2n) is 4.90. The summed E-state index contributed by atoms with van der Waals surface area (Å²) in [7, 11) is -3.82. The molecule has 4 N–H and O–H groups in total. The van der Waals surface area contributed by atoms with Crippen molar-refractivity contribution in [2.24, 2.45) is 0 Å². The van der Waals surface area contributed by atoms with Crippen LogP contribution in [0.5, 0.6) is 0 Å². The van der Waals surface area contributed by atoms with E-state index < -0.39 is 21.5 Å². The highest BCUT2D eigenvalue weighted by molar-refractivity contribution is 7.89. The molecule has 106 valence electrons. The van der Waals surface area contributed by atoms with Gasteiger partial charge in [0.1, 0.15) is 4.90 Å². The average molecular weight is 287 g/mol. The number of sulfonamides is 1. The van der Waals surface area contributed by atoms with E-state index in [0.717, 1.165) is 12.4 Å². The first-order chi connectivity index (χ1) is 8.60. The van der Waals surface area contributed by atoms with Crippen molar-refractivity contribution < 1.29 is 13.2 Å². The third-order valence-corrected chi connectivity index (χ3v) is 3.25. The summed E-state index contributed by atoms with van der Waals surface area (Å²) in [5.74, 6) is -0.447. The molecular formula is C10H17N5O3S. The predicted molar refractivity (Wildman–Crippen MR) is 69.5 cm³/mol. The molecule has 8 nitrogen and oxygen atoms in total. The lowest BCUT2D eigenvalue weighted by Crippen LogP contribution is -2.45. The number of hydrogen-bond donors (Lipinski definition) is 3. The Balaban J connectivity index is 2.66. The molecule has 0 aliphatic rings. The van der Waals surface area contributed by atoms with Gasteiger partial charge in [-0.3, -0.25) is 4.79 Å². The third kappa shape index (κ3) is 5.18. The van der Waals surface area contributed by atoms with Crippen LogP contribution in [0, 0.1) is 0 Å². The van der Waals surface area contributed by atoms with Crippen molar-refractivity contribution in [3.05, 3.63) is 12.4 Å². The van der Waals surface area contributed by atoms with E-state index in [-0.39, 0.29) is 17.4 Å². The van der Waals surface area contributed by atoms with Crippen molar-refractivity contribution in [3.8, 4) is 0 Å². The number of anilines is 1. The van der Waals surface area contributed by atoms with Gasteiger partial charge >= 0.3 is 0 Å². The number of amides is 1. The number of carbonyl (C=O) groups excluding carboxylic acids is 1. The molecule has 0 aliphatic heterocycles. The highest BCUT2D eigenvalue weighted by atomic mass is 32.2. The monoisotopic (exact) mass is 287 g/mol. The van der Waals surface area contributed by atoms with E-state index in [1.54, 1.807) is 20.8 Å². The van der Waals surface area contributed by atoms with Gasteiger partial charge < -0.3 is 11.1 Å². The van der Waals surface area contributed by atoms with Gasteiger partial charge in [-0.25, -0.2) is 23.1 Å². The number of aromatic nitrogens is 2. The van der Waals surface area contributed by atoms with Gasteiger partial charge in [0.2, 0.25) is 21.9 Å². The number of nitrogens with zero attached hydrogens (tertiary/aromatic N) is 2. The van der Waals surface area contributed by atoms with Gasteiger partial charge in [0, 0.05) is 5.54 Å². The molecule has 19 heavy (non-hydrogen) atoms.